The molecular formula is C13H18N2O. The average molecular weight is 218 g/mol. The van der Waals surface area contributed by atoms with Crippen molar-refractivity contribution in [1.82, 2.24) is 4.90 Å². The molecule has 1 aliphatic carbocycles. The van der Waals surface area contributed by atoms with Gasteiger partial charge >= 0.3 is 0 Å². The lowest BCUT2D eigenvalue weighted by Crippen LogP contribution is -2.44. The summed E-state index contributed by atoms with van der Waals surface area (Å²) in [6, 6.07) is 10.1. The first kappa shape index (κ1) is 11.1. The number of hydrogen-bond acceptors (Lipinski definition) is 2. The highest BCUT2D eigenvalue weighted by molar-refractivity contribution is 5.89. The first-order valence-electron chi connectivity index (χ1n) is 5.66. The van der Waals surface area contributed by atoms with Crippen LogP contribution in [0.1, 0.15) is 31.4 Å². The Kier molecular flexibility index (Phi) is 2.72. The second kappa shape index (κ2) is 3.91. The van der Waals surface area contributed by atoms with Gasteiger partial charge in [-0.3, -0.25) is 4.79 Å². The largest absolute Gasteiger partial charge is 0.337 e. The van der Waals surface area contributed by atoms with Gasteiger partial charge in [0, 0.05) is 7.05 Å². The van der Waals surface area contributed by atoms with Crippen LogP contribution in [0.4, 0.5) is 0 Å². The second-order valence-corrected chi connectivity index (χ2v) is 4.66. The summed E-state index contributed by atoms with van der Waals surface area (Å²) < 4.78 is 0. The van der Waals surface area contributed by atoms with E-state index in [1.165, 1.54) is 0 Å². The van der Waals surface area contributed by atoms with E-state index >= 15 is 0 Å². The molecule has 0 saturated heterocycles. The van der Waals surface area contributed by atoms with E-state index in [1.807, 2.05) is 44.3 Å². The molecule has 0 aromatic heterocycles. The molecule has 1 amide bonds. The SMILES string of the molecule is CC(c1ccccc1)N(C)C(=O)C1(N)CC1. The Labute approximate surface area is 96.2 Å². The van der Waals surface area contributed by atoms with E-state index in [2.05, 4.69) is 0 Å². The van der Waals surface area contributed by atoms with Crippen molar-refractivity contribution in [2.75, 3.05) is 7.05 Å². The van der Waals surface area contributed by atoms with Crippen LogP contribution in [-0.4, -0.2) is 23.4 Å². The predicted octanol–water partition coefficient (Wildman–Crippen LogP) is 1.70. The molecule has 1 aliphatic rings. The normalized spacial score (nSPS) is 18.9. The fourth-order valence-electron chi connectivity index (χ4n) is 1.83. The van der Waals surface area contributed by atoms with Crippen molar-refractivity contribution in [3.8, 4) is 0 Å². The van der Waals surface area contributed by atoms with Gasteiger partial charge in [0.15, 0.2) is 0 Å². The van der Waals surface area contributed by atoms with Crippen LogP contribution < -0.4 is 5.73 Å². The zero-order chi connectivity index (χ0) is 11.8. The number of carbonyl (C=O) groups is 1. The summed E-state index contributed by atoms with van der Waals surface area (Å²) in [6.45, 7) is 2.03. The van der Waals surface area contributed by atoms with Crippen LogP contribution >= 0.6 is 0 Å². The van der Waals surface area contributed by atoms with E-state index in [-0.39, 0.29) is 11.9 Å². The summed E-state index contributed by atoms with van der Waals surface area (Å²) >= 11 is 0. The Balaban J connectivity index is 2.10. The first-order valence-corrected chi connectivity index (χ1v) is 5.66. The molecule has 16 heavy (non-hydrogen) atoms. The minimum absolute atomic E-state index is 0.0591. The van der Waals surface area contributed by atoms with Gasteiger partial charge in [-0.1, -0.05) is 30.3 Å². The van der Waals surface area contributed by atoms with Gasteiger partial charge in [-0.25, -0.2) is 0 Å². The number of amides is 1. The van der Waals surface area contributed by atoms with E-state index in [1.54, 1.807) is 4.90 Å². The van der Waals surface area contributed by atoms with Gasteiger partial charge in [0.1, 0.15) is 0 Å². The molecule has 0 radical (unpaired) electrons. The van der Waals surface area contributed by atoms with Crippen LogP contribution in [0, 0.1) is 0 Å². The molecule has 0 heterocycles. The van der Waals surface area contributed by atoms with Gasteiger partial charge in [0.05, 0.1) is 11.6 Å². The van der Waals surface area contributed by atoms with Gasteiger partial charge in [-0.05, 0) is 25.3 Å². The Morgan fingerprint density at radius 2 is 1.94 bits per heavy atom. The van der Waals surface area contributed by atoms with Crippen molar-refractivity contribution in [1.29, 1.82) is 0 Å². The van der Waals surface area contributed by atoms with E-state index in [4.69, 9.17) is 5.73 Å². The van der Waals surface area contributed by atoms with Crippen LogP contribution in [0.25, 0.3) is 0 Å². The van der Waals surface area contributed by atoms with Crippen molar-refractivity contribution < 1.29 is 4.79 Å². The standard InChI is InChI=1S/C13H18N2O/c1-10(11-6-4-3-5-7-11)15(2)12(16)13(14)8-9-13/h3-7,10H,8-9,14H2,1-2H3. The van der Waals surface area contributed by atoms with Gasteiger partial charge in [-0.15, -0.1) is 0 Å². The minimum Gasteiger partial charge on any atom is -0.337 e. The molecule has 2 rings (SSSR count). The quantitative estimate of drug-likeness (QED) is 0.839. The van der Waals surface area contributed by atoms with Crippen LogP contribution in [-0.2, 0) is 4.79 Å². The molecule has 1 unspecified atom stereocenters. The maximum absolute atomic E-state index is 12.0. The minimum atomic E-state index is -0.572. The maximum Gasteiger partial charge on any atom is 0.242 e. The van der Waals surface area contributed by atoms with Crippen LogP contribution in [0.3, 0.4) is 0 Å². The highest BCUT2D eigenvalue weighted by Crippen LogP contribution is 2.35. The van der Waals surface area contributed by atoms with Crippen molar-refractivity contribution >= 4 is 5.91 Å². The van der Waals surface area contributed by atoms with Crippen LogP contribution in [0.5, 0.6) is 0 Å². The summed E-state index contributed by atoms with van der Waals surface area (Å²) in [6.07, 6.45) is 1.63. The van der Waals surface area contributed by atoms with E-state index < -0.39 is 5.54 Å². The highest BCUT2D eigenvalue weighted by atomic mass is 16.2. The Hall–Kier alpha value is -1.35. The van der Waals surface area contributed by atoms with Crippen molar-refractivity contribution in [2.24, 2.45) is 5.73 Å². The summed E-state index contributed by atoms with van der Waals surface area (Å²) in [5.41, 5.74) is 6.49. The van der Waals surface area contributed by atoms with Gasteiger partial charge in [-0.2, -0.15) is 0 Å². The van der Waals surface area contributed by atoms with Gasteiger partial charge in [0.25, 0.3) is 0 Å². The lowest BCUT2D eigenvalue weighted by atomic mass is 10.1. The molecule has 1 aromatic carbocycles. The second-order valence-electron chi connectivity index (χ2n) is 4.66. The molecule has 1 aromatic rings. The summed E-state index contributed by atoms with van der Waals surface area (Å²) in [5, 5.41) is 0. The molecule has 3 nitrogen and oxygen atoms in total. The summed E-state index contributed by atoms with van der Waals surface area (Å²) in [5.74, 6) is 0.0591. The maximum atomic E-state index is 12.0. The van der Waals surface area contributed by atoms with Crippen LogP contribution in [0.2, 0.25) is 0 Å². The van der Waals surface area contributed by atoms with Gasteiger partial charge in [0.2, 0.25) is 5.91 Å². The molecule has 0 spiro atoms. The number of benzene rings is 1. The van der Waals surface area contributed by atoms with E-state index in [0.717, 1.165) is 18.4 Å². The molecule has 3 heteroatoms. The third kappa shape index (κ3) is 1.95. The number of nitrogens with zero attached hydrogens (tertiary/aromatic N) is 1. The third-order valence-electron chi connectivity index (χ3n) is 3.40. The number of likely N-dealkylation sites (N-methyl/N-ethyl adjacent to an activating group) is 1. The Morgan fingerprint density at radius 3 is 2.44 bits per heavy atom. The monoisotopic (exact) mass is 218 g/mol. The average Bonchev–Trinajstić information content (AvgIpc) is 3.07. The number of carbonyl (C=O) groups excluding carboxylic acids is 1. The fraction of sp³-hybridized carbons (Fsp3) is 0.462. The molecule has 0 bridgehead atoms. The highest BCUT2D eigenvalue weighted by Gasteiger charge is 2.48. The van der Waals surface area contributed by atoms with Crippen molar-refractivity contribution in [3.63, 3.8) is 0 Å². The topological polar surface area (TPSA) is 46.3 Å². The molecular weight excluding hydrogens is 200 g/mol. The molecule has 1 atom stereocenters. The number of rotatable bonds is 3. The third-order valence-corrected chi connectivity index (χ3v) is 3.40. The number of nitrogens with two attached hydrogens (primary N) is 1. The lowest BCUT2D eigenvalue weighted by molar-refractivity contribution is -0.134. The van der Waals surface area contributed by atoms with E-state index in [9.17, 15) is 4.79 Å². The molecule has 1 fully saturated rings. The smallest absolute Gasteiger partial charge is 0.242 e. The molecule has 1 saturated carbocycles. The number of hydrogen-bond donors (Lipinski definition) is 1. The van der Waals surface area contributed by atoms with Gasteiger partial charge < -0.3 is 10.6 Å². The lowest BCUT2D eigenvalue weighted by Gasteiger charge is -2.27. The zero-order valence-electron chi connectivity index (χ0n) is 9.81. The summed E-state index contributed by atoms with van der Waals surface area (Å²) in [7, 11) is 1.83. The van der Waals surface area contributed by atoms with E-state index in [0.29, 0.717) is 0 Å². The Morgan fingerprint density at radius 1 is 1.38 bits per heavy atom. The van der Waals surface area contributed by atoms with Crippen molar-refractivity contribution in [3.05, 3.63) is 35.9 Å². The summed E-state index contributed by atoms with van der Waals surface area (Å²) in [4.78, 5) is 13.8. The van der Waals surface area contributed by atoms with Crippen molar-refractivity contribution in [2.45, 2.75) is 31.3 Å². The molecule has 2 N–H and O–H groups in total. The Bertz CT molecular complexity index is 384. The molecule has 0 aliphatic heterocycles. The zero-order valence-corrected chi connectivity index (χ0v) is 9.81. The fourth-order valence-corrected chi connectivity index (χ4v) is 1.83. The predicted molar refractivity (Wildman–Crippen MR) is 63.8 cm³/mol. The molecule has 86 valence electrons. The first-order chi connectivity index (χ1) is 7.54. The van der Waals surface area contributed by atoms with Crippen LogP contribution in [0.15, 0.2) is 30.3 Å².